The first kappa shape index (κ1) is 18.4. The first-order valence-electron chi connectivity index (χ1n) is 9.66. The number of piperidine rings is 1. The normalized spacial score (nSPS) is 16.2. The van der Waals surface area contributed by atoms with E-state index in [2.05, 4.69) is 17.1 Å². The molecule has 144 valence electrons. The Morgan fingerprint density at radius 3 is 2.39 bits per heavy atom. The van der Waals surface area contributed by atoms with E-state index < -0.39 is 11.7 Å². The highest BCUT2D eigenvalue weighted by atomic mass is 16.3. The number of aromatic amines is 1. The molecule has 0 spiro atoms. The van der Waals surface area contributed by atoms with Gasteiger partial charge in [-0.05, 0) is 30.9 Å². The van der Waals surface area contributed by atoms with Crippen molar-refractivity contribution in [1.29, 1.82) is 0 Å². The van der Waals surface area contributed by atoms with E-state index in [0.717, 1.165) is 17.3 Å². The smallest absolute Gasteiger partial charge is 0.295 e. The summed E-state index contributed by atoms with van der Waals surface area (Å²) in [4.78, 5) is 30.3. The summed E-state index contributed by atoms with van der Waals surface area (Å²) < 4.78 is 0. The molecule has 2 N–H and O–H groups in total. The van der Waals surface area contributed by atoms with Gasteiger partial charge in [-0.2, -0.15) is 0 Å². The van der Waals surface area contributed by atoms with Gasteiger partial charge in [-0.15, -0.1) is 0 Å². The van der Waals surface area contributed by atoms with Crippen LogP contribution >= 0.6 is 0 Å². The fourth-order valence-corrected chi connectivity index (χ4v) is 4.12. The van der Waals surface area contributed by atoms with Gasteiger partial charge in [-0.1, -0.05) is 48.5 Å². The molecule has 1 fully saturated rings. The number of hydrogen-bond acceptors (Lipinski definition) is 3. The zero-order valence-electron chi connectivity index (χ0n) is 15.7. The first-order chi connectivity index (χ1) is 13.6. The minimum Gasteiger partial charge on any atom is -0.396 e. The number of ketones is 1. The maximum atomic E-state index is 12.8. The van der Waals surface area contributed by atoms with E-state index in [-0.39, 0.29) is 12.0 Å². The van der Waals surface area contributed by atoms with Crippen LogP contribution in [0.3, 0.4) is 0 Å². The zero-order chi connectivity index (χ0) is 19.6. The molecule has 5 nitrogen and oxygen atoms in total. The lowest BCUT2D eigenvalue weighted by atomic mass is 9.74. The molecule has 2 heterocycles. The van der Waals surface area contributed by atoms with Crippen LogP contribution in [-0.2, 0) is 11.2 Å². The number of rotatable bonds is 5. The summed E-state index contributed by atoms with van der Waals surface area (Å²) >= 11 is 0. The second kappa shape index (κ2) is 7.60. The van der Waals surface area contributed by atoms with Gasteiger partial charge in [-0.25, -0.2) is 0 Å². The van der Waals surface area contributed by atoms with Gasteiger partial charge in [0.2, 0.25) is 0 Å². The molecule has 0 saturated carbocycles. The van der Waals surface area contributed by atoms with Crippen LogP contribution in [0.15, 0.2) is 60.8 Å². The van der Waals surface area contributed by atoms with Crippen molar-refractivity contribution in [3.05, 3.63) is 71.9 Å². The van der Waals surface area contributed by atoms with Crippen molar-refractivity contribution in [2.24, 2.45) is 5.41 Å². The Morgan fingerprint density at radius 1 is 1.00 bits per heavy atom. The summed E-state index contributed by atoms with van der Waals surface area (Å²) in [7, 11) is 0. The van der Waals surface area contributed by atoms with Gasteiger partial charge in [0, 0.05) is 42.2 Å². The number of amides is 1. The van der Waals surface area contributed by atoms with Crippen molar-refractivity contribution in [2.45, 2.75) is 19.3 Å². The number of nitrogens with one attached hydrogen (secondary N) is 1. The van der Waals surface area contributed by atoms with Crippen LogP contribution < -0.4 is 0 Å². The average molecular weight is 376 g/mol. The zero-order valence-corrected chi connectivity index (χ0v) is 15.7. The Bertz CT molecular complexity index is 985. The summed E-state index contributed by atoms with van der Waals surface area (Å²) in [6.45, 7) is 1.06. The third-order valence-electron chi connectivity index (χ3n) is 5.90. The molecule has 1 aliphatic rings. The summed E-state index contributed by atoms with van der Waals surface area (Å²) in [6.07, 6.45) is 3.77. The molecular weight excluding hydrogens is 352 g/mol. The number of aliphatic hydroxyl groups is 1. The molecule has 28 heavy (non-hydrogen) atoms. The van der Waals surface area contributed by atoms with E-state index in [1.54, 1.807) is 11.1 Å². The molecular formula is C23H24N2O3. The Morgan fingerprint density at radius 2 is 1.68 bits per heavy atom. The van der Waals surface area contributed by atoms with Crippen LogP contribution in [0.1, 0.15) is 28.8 Å². The van der Waals surface area contributed by atoms with Gasteiger partial charge in [0.05, 0.1) is 5.56 Å². The van der Waals surface area contributed by atoms with Crippen LogP contribution in [-0.4, -0.2) is 46.4 Å². The van der Waals surface area contributed by atoms with Gasteiger partial charge >= 0.3 is 0 Å². The fraction of sp³-hybridized carbons (Fsp3) is 0.304. The topological polar surface area (TPSA) is 73.4 Å². The molecule has 1 aromatic heterocycles. The highest BCUT2D eigenvalue weighted by Gasteiger charge is 2.37. The van der Waals surface area contributed by atoms with E-state index in [1.807, 2.05) is 42.5 Å². The van der Waals surface area contributed by atoms with E-state index in [1.165, 1.54) is 5.56 Å². The predicted molar refractivity (Wildman–Crippen MR) is 108 cm³/mol. The SMILES string of the molecule is O=C(C(=O)N1CCC(CO)(Cc2ccccc2)CC1)c1c[nH]c2ccccc12. The monoisotopic (exact) mass is 376 g/mol. The predicted octanol–water partition coefficient (Wildman–Crippen LogP) is 3.19. The lowest BCUT2D eigenvalue weighted by Gasteiger charge is -2.40. The van der Waals surface area contributed by atoms with E-state index in [9.17, 15) is 14.7 Å². The fourth-order valence-electron chi connectivity index (χ4n) is 4.12. The van der Waals surface area contributed by atoms with Crippen LogP contribution in [0.5, 0.6) is 0 Å². The molecule has 1 amide bonds. The molecule has 3 aromatic rings. The number of benzene rings is 2. The quantitative estimate of drug-likeness (QED) is 0.531. The van der Waals surface area contributed by atoms with E-state index in [0.29, 0.717) is 31.5 Å². The van der Waals surface area contributed by atoms with E-state index >= 15 is 0 Å². The minimum absolute atomic E-state index is 0.0837. The van der Waals surface area contributed by atoms with Crippen molar-refractivity contribution in [3.63, 3.8) is 0 Å². The van der Waals surface area contributed by atoms with Gasteiger partial charge in [0.15, 0.2) is 0 Å². The molecule has 0 atom stereocenters. The van der Waals surface area contributed by atoms with Gasteiger partial charge < -0.3 is 15.0 Å². The van der Waals surface area contributed by atoms with Gasteiger partial charge in [0.1, 0.15) is 0 Å². The first-order valence-corrected chi connectivity index (χ1v) is 9.66. The van der Waals surface area contributed by atoms with Crippen molar-refractivity contribution < 1.29 is 14.7 Å². The third kappa shape index (κ3) is 3.45. The number of aliphatic hydroxyl groups excluding tert-OH is 1. The van der Waals surface area contributed by atoms with Crippen molar-refractivity contribution in [1.82, 2.24) is 9.88 Å². The molecule has 0 radical (unpaired) electrons. The van der Waals surface area contributed by atoms with Crippen molar-refractivity contribution in [3.8, 4) is 0 Å². The van der Waals surface area contributed by atoms with Gasteiger partial charge in [0.25, 0.3) is 11.7 Å². The third-order valence-corrected chi connectivity index (χ3v) is 5.90. The molecule has 2 aromatic carbocycles. The Hall–Kier alpha value is -2.92. The molecule has 1 aliphatic heterocycles. The Balaban J connectivity index is 1.45. The highest BCUT2D eigenvalue weighted by Crippen LogP contribution is 2.35. The Labute approximate surface area is 164 Å². The summed E-state index contributed by atoms with van der Waals surface area (Å²) in [5.41, 5.74) is 2.22. The molecule has 0 bridgehead atoms. The number of nitrogens with zero attached hydrogens (tertiary/aromatic N) is 1. The van der Waals surface area contributed by atoms with Crippen LogP contribution in [0.4, 0.5) is 0 Å². The van der Waals surface area contributed by atoms with Crippen molar-refractivity contribution >= 4 is 22.6 Å². The lowest BCUT2D eigenvalue weighted by molar-refractivity contribution is -0.129. The Kier molecular flexibility index (Phi) is 5.01. The lowest BCUT2D eigenvalue weighted by Crippen LogP contribution is -2.47. The number of Topliss-reactive ketones (excluding diaryl/α,β-unsaturated/α-hetero) is 1. The molecule has 1 saturated heterocycles. The maximum Gasteiger partial charge on any atom is 0.295 e. The molecule has 5 heteroatoms. The van der Waals surface area contributed by atoms with Gasteiger partial charge in [-0.3, -0.25) is 9.59 Å². The van der Waals surface area contributed by atoms with Crippen LogP contribution in [0.2, 0.25) is 0 Å². The van der Waals surface area contributed by atoms with Crippen LogP contribution in [0.25, 0.3) is 10.9 Å². The number of likely N-dealkylation sites (tertiary alicyclic amines) is 1. The molecule has 4 rings (SSSR count). The van der Waals surface area contributed by atoms with Crippen LogP contribution in [0, 0.1) is 5.41 Å². The standard InChI is InChI=1S/C23H24N2O3/c26-16-23(14-17-6-2-1-3-7-17)10-12-25(13-11-23)22(28)21(27)19-15-24-20-9-5-4-8-18(19)20/h1-9,15,24,26H,10-14,16H2. The summed E-state index contributed by atoms with van der Waals surface area (Å²) in [5, 5.41) is 10.8. The van der Waals surface area contributed by atoms with E-state index in [4.69, 9.17) is 0 Å². The summed E-state index contributed by atoms with van der Waals surface area (Å²) in [6, 6.07) is 17.6. The maximum absolute atomic E-state index is 12.8. The number of H-pyrrole nitrogens is 1. The minimum atomic E-state index is -0.475. The average Bonchev–Trinajstić information content (AvgIpc) is 3.18. The highest BCUT2D eigenvalue weighted by molar-refractivity contribution is 6.44. The second-order valence-corrected chi connectivity index (χ2v) is 7.69. The second-order valence-electron chi connectivity index (χ2n) is 7.69. The molecule has 0 unspecified atom stereocenters. The largest absolute Gasteiger partial charge is 0.396 e. The van der Waals surface area contributed by atoms with Crippen molar-refractivity contribution in [2.75, 3.05) is 19.7 Å². The number of fused-ring (bicyclic) bond motifs is 1. The number of carbonyl (C=O) groups is 2. The number of hydrogen-bond donors (Lipinski definition) is 2. The number of aromatic nitrogens is 1. The number of para-hydroxylation sites is 1. The molecule has 0 aliphatic carbocycles. The summed E-state index contributed by atoms with van der Waals surface area (Å²) in [5.74, 6) is -0.937. The number of carbonyl (C=O) groups excluding carboxylic acids is 2.